The SMILES string of the molecule is CCCCN(CCCC)c1ccc(C(=O)N[C@H](C(=O)OC(C)(C)C)C2CCCCC2)c(NC(=O)Nc2c(C)cc(C)cc2C)c1. The summed E-state index contributed by atoms with van der Waals surface area (Å²) in [6.07, 6.45) is 9.10. The summed E-state index contributed by atoms with van der Waals surface area (Å²) in [7, 11) is 0. The Morgan fingerprint density at radius 2 is 1.49 bits per heavy atom. The lowest BCUT2D eigenvalue weighted by molar-refractivity contribution is -0.159. The average Bonchev–Trinajstić information content (AvgIpc) is 2.97. The van der Waals surface area contributed by atoms with Crippen LogP contribution in [-0.2, 0) is 9.53 Å². The molecule has 0 radical (unpaired) electrons. The predicted molar refractivity (Wildman–Crippen MR) is 185 cm³/mol. The van der Waals surface area contributed by atoms with E-state index in [2.05, 4.69) is 34.7 Å². The number of carbonyl (C=O) groups excluding carboxylic acids is 3. The van der Waals surface area contributed by atoms with Crippen molar-refractivity contribution in [3.8, 4) is 0 Å². The van der Waals surface area contributed by atoms with E-state index in [1.165, 1.54) is 0 Å². The second-order valence-electron chi connectivity index (χ2n) is 13.7. The van der Waals surface area contributed by atoms with Crippen molar-refractivity contribution in [1.82, 2.24) is 5.32 Å². The quantitative estimate of drug-likeness (QED) is 0.195. The maximum absolute atomic E-state index is 14.0. The molecule has 45 heavy (non-hydrogen) atoms. The van der Waals surface area contributed by atoms with Crippen molar-refractivity contribution in [2.75, 3.05) is 28.6 Å². The topological polar surface area (TPSA) is 99.8 Å². The van der Waals surface area contributed by atoms with Gasteiger partial charge in [-0.3, -0.25) is 4.79 Å². The zero-order chi connectivity index (χ0) is 33.1. The molecule has 8 nitrogen and oxygen atoms in total. The highest BCUT2D eigenvalue weighted by molar-refractivity contribution is 6.08. The standard InChI is InChI=1S/C37H56N4O4/c1-9-11-20-41(21-12-10-2)29-18-19-30(31(24-29)38-36(44)40-32-26(4)22-25(3)23-27(32)5)34(42)39-33(28-16-14-13-15-17-28)35(43)45-37(6,7)8/h18-19,22-24,28,33H,9-17,20-21H2,1-8H3,(H,39,42)(H2,38,40,44)/t33-/m0/s1. The Kier molecular flexibility index (Phi) is 13.3. The highest BCUT2D eigenvalue weighted by Gasteiger charge is 2.35. The van der Waals surface area contributed by atoms with E-state index in [9.17, 15) is 14.4 Å². The van der Waals surface area contributed by atoms with Crippen molar-refractivity contribution in [2.24, 2.45) is 5.92 Å². The third-order valence-corrected chi connectivity index (χ3v) is 8.41. The van der Waals surface area contributed by atoms with Gasteiger partial charge in [0.15, 0.2) is 0 Å². The predicted octanol–water partition coefficient (Wildman–Crippen LogP) is 8.68. The summed E-state index contributed by atoms with van der Waals surface area (Å²) in [6.45, 7) is 17.6. The Labute approximate surface area is 271 Å². The minimum Gasteiger partial charge on any atom is -0.458 e. The van der Waals surface area contributed by atoms with Crippen molar-refractivity contribution in [1.29, 1.82) is 0 Å². The van der Waals surface area contributed by atoms with Crippen molar-refractivity contribution in [3.05, 3.63) is 52.6 Å². The number of esters is 1. The Morgan fingerprint density at radius 1 is 0.889 bits per heavy atom. The summed E-state index contributed by atoms with van der Waals surface area (Å²) in [5.74, 6) is -0.820. The van der Waals surface area contributed by atoms with Crippen LogP contribution < -0.4 is 20.9 Å². The van der Waals surface area contributed by atoms with Crippen LogP contribution in [0, 0.1) is 26.7 Å². The highest BCUT2D eigenvalue weighted by Crippen LogP contribution is 2.30. The zero-order valence-corrected chi connectivity index (χ0v) is 28.9. The number of amides is 3. The molecule has 2 aromatic rings. The summed E-state index contributed by atoms with van der Waals surface area (Å²) in [4.78, 5) is 43.2. The first-order valence-electron chi connectivity index (χ1n) is 16.9. The van der Waals surface area contributed by atoms with Gasteiger partial charge in [-0.25, -0.2) is 9.59 Å². The van der Waals surface area contributed by atoms with Crippen LogP contribution in [0.2, 0.25) is 0 Å². The van der Waals surface area contributed by atoms with Gasteiger partial charge in [-0.05, 0) is 102 Å². The summed E-state index contributed by atoms with van der Waals surface area (Å²) in [6, 6.07) is 8.47. The fraction of sp³-hybridized carbons (Fsp3) is 0.595. The van der Waals surface area contributed by atoms with Crippen molar-refractivity contribution < 1.29 is 19.1 Å². The molecule has 2 aromatic carbocycles. The molecule has 1 aliphatic carbocycles. The van der Waals surface area contributed by atoms with Crippen LogP contribution >= 0.6 is 0 Å². The third kappa shape index (κ3) is 10.8. The number of hydrogen-bond acceptors (Lipinski definition) is 5. The van der Waals surface area contributed by atoms with E-state index in [1.807, 2.05) is 65.8 Å². The fourth-order valence-electron chi connectivity index (χ4n) is 6.16. The molecule has 3 N–H and O–H groups in total. The molecular weight excluding hydrogens is 564 g/mol. The number of nitrogens with one attached hydrogen (secondary N) is 3. The van der Waals surface area contributed by atoms with E-state index in [0.29, 0.717) is 11.3 Å². The van der Waals surface area contributed by atoms with Gasteiger partial charge < -0.3 is 25.6 Å². The van der Waals surface area contributed by atoms with Gasteiger partial charge in [0.2, 0.25) is 0 Å². The largest absolute Gasteiger partial charge is 0.458 e. The molecule has 1 atom stereocenters. The summed E-state index contributed by atoms with van der Waals surface area (Å²) >= 11 is 0. The number of rotatable bonds is 13. The average molecular weight is 621 g/mol. The van der Waals surface area contributed by atoms with Crippen LogP contribution in [0.15, 0.2) is 30.3 Å². The number of urea groups is 1. The van der Waals surface area contributed by atoms with Gasteiger partial charge in [-0.15, -0.1) is 0 Å². The van der Waals surface area contributed by atoms with Gasteiger partial charge in [0.05, 0.1) is 11.3 Å². The van der Waals surface area contributed by atoms with Gasteiger partial charge in [-0.2, -0.15) is 0 Å². The van der Waals surface area contributed by atoms with Crippen LogP contribution in [0.25, 0.3) is 0 Å². The minimum absolute atomic E-state index is 0.00241. The van der Waals surface area contributed by atoms with Crippen LogP contribution in [0.1, 0.15) is 119 Å². The molecule has 8 heteroatoms. The zero-order valence-electron chi connectivity index (χ0n) is 28.9. The molecule has 0 unspecified atom stereocenters. The smallest absolute Gasteiger partial charge is 0.329 e. The van der Waals surface area contributed by atoms with E-state index in [4.69, 9.17) is 4.74 Å². The molecule has 0 bridgehead atoms. The monoisotopic (exact) mass is 620 g/mol. The van der Waals surface area contributed by atoms with Crippen molar-refractivity contribution in [3.63, 3.8) is 0 Å². The molecule has 1 fully saturated rings. The number of ether oxygens (including phenoxy) is 1. The first kappa shape index (κ1) is 35.9. The lowest BCUT2D eigenvalue weighted by atomic mass is 9.83. The maximum Gasteiger partial charge on any atom is 0.329 e. The summed E-state index contributed by atoms with van der Waals surface area (Å²) in [5, 5.41) is 9.02. The number of anilines is 3. The van der Waals surface area contributed by atoms with Crippen LogP contribution in [0.5, 0.6) is 0 Å². The number of carbonyl (C=O) groups is 3. The molecule has 1 aliphatic rings. The lowest BCUT2D eigenvalue weighted by Gasteiger charge is -2.32. The van der Waals surface area contributed by atoms with Gasteiger partial charge in [-0.1, -0.05) is 63.6 Å². The highest BCUT2D eigenvalue weighted by atomic mass is 16.6. The lowest BCUT2D eigenvalue weighted by Crippen LogP contribution is -2.49. The first-order valence-corrected chi connectivity index (χ1v) is 16.9. The van der Waals surface area contributed by atoms with E-state index >= 15 is 0 Å². The second kappa shape index (κ2) is 16.7. The third-order valence-electron chi connectivity index (χ3n) is 8.41. The van der Waals surface area contributed by atoms with E-state index in [0.717, 1.165) is 98.9 Å². The molecule has 0 spiro atoms. The van der Waals surface area contributed by atoms with E-state index in [1.54, 1.807) is 6.07 Å². The van der Waals surface area contributed by atoms with Crippen molar-refractivity contribution >= 4 is 35.0 Å². The molecule has 0 aromatic heterocycles. The molecule has 0 heterocycles. The van der Waals surface area contributed by atoms with Crippen LogP contribution in [0.4, 0.5) is 21.9 Å². The number of nitrogens with zero attached hydrogens (tertiary/aromatic N) is 1. The Hall–Kier alpha value is -3.55. The number of aryl methyl sites for hydroxylation is 3. The maximum atomic E-state index is 14.0. The molecular formula is C37H56N4O4. The van der Waals surface area contributed by atoms with Gasteiger partial charge in [0, 0.05) is 24.5 Å². The molecule has 0 aliphatic heterocycles. The second-order valence-corrected chi connectivity index (χ2v) is 13.7. The normalized spacial score (nSPS) is 14.4. The molecule has 3 amide bonds. The van der Waals surface area contributed by atoms with Crippen molar-refractivity contribution in [2.45, 2.75) is 125 Å². The summed E-state index contributed by atoms with van der Waals surface area (Å²) < 4.78 is 5.77. The van der Waals surface area contributed by atoms with Crippen LogP contribution in [0.3, 0.4) is 0 Å². The van der Waals surface area contributed by atoms with Gasteiger partial charge >= 0.3 is 12.0 Å². The number of hydrogen-bond donors (Lipinski definition) is 3. The minimum atomic E-state index is -0.762. The molecule has 0 saturated heterocycles. The number of unbranched alkanes of at least 4 members (excludes halogenated alkanes) is 2. The Morgan fingerprint density at radius 3 is 2.04 bits per heavy atom. The van der Waals surface area contributed by atoms with E-state index in [-0.39, 0.29) is 5.92 Å². The number of benzene rings is 2. The fourth-order valence-corrected chi connectivity index (χ4v) is 6.16. The molecule has 248 valence electrons. The molecule has 1 saturated carbocycles. The Balaban J connectivity index is 1.98. The van der Waals surface area contributed by atoms with Gasteiger partial charge in [0.1, 0.15) is 11.6 Å². The van der Waals surface area contributed by atoms with Crippen LogP contribution in [-0.4, -0.2) is 42.6 Å². The summed E-state index contributed by atoms with van der Waals surface area (Å²) in [5.41, 5.74) is 4.78. The molecule has 3 rings (SSSR count). The van der Waals surface area contributed by atoms with Gasteiger partial charge in [0.25, 0.3) is 5.91 Å². The Bertz CT molecular complexity index is 1280. The first-order chi connectivity index (χ1) is 21.3. The van der Waals surface area contributed by atoms with E-state index < -0.39 is 29.6 Å².